The molecule has 1 atom stereocenters. The summed E-state index contributed by atoms with van der Waals surface area (Å²) in [5.74, 6) is 0.259. The van der Waals surface area contributed by atoms with Crippen molar-refractivity contribution in [3.63, 3.8) is 0 Å². The van der Waals surface area contributed by atoms with Gasteiger partial charge in [-0.25, -0.2) is 0 Å². The molecule has 7 heteroatoms. The number of Topliss-reactive ketones (excluding diaryl/α,β-unsaturated/α-hetero) is 1. The Labute approximate surface area is 168 Å². The number of H-pyrrole nitrogens is 2. The number of nitrogens with zero attached hydrogens (tertiary/aromatic N) is 1. The first-order valence-electron chi connectivity index (χ1n) is 9.33. The Morgan fingerprint density at radius 2 is 1.75 bits per heavy atom. The maximum atomic E-state index is 13.1. The average Bonchev–Trinajstić information content (AvgIpc) is 2.58. The molecule has 146 valence electrons. The quantitative estimate of drug-likeness (QED) is 0.675. The van der Waals surface area contributed by atoms with E-state index < -0.39 is 5.92 Å². The topological polar surface area (TPSA) is 81.0 Å². The summed E-state index contributed by atoms with van der Waals surface area (Å²) in [6.07, 6.45) is 1.21. The van der Waals surface area contributed by atoms with Gasteiger partial charge in [-0.2, -0.15) is 0 Å². The van der Waals surface area contributed by atoms with Gasteiger partial charge in [-0.15, -0.1) is 0 Å². The molecule has 0 bridgehead atoms. The van der Waals surface area contributed by atoms with E-state index in [1.807, 2.05) is 43.3 Å². The number of hydrogen-bond donors (Lipinski definition) is 3. The van der Waals surface area contributed by atoms with Crippen molar-refractivity contribution in [2.24, 2.45) is 5.41 Å². The van der Waals surface area contributed by atoms with E-state index in [0.717, 1.165) is 23.4 Å². The second-order valence-corrected chi connectivity index (χ2v) is 8.98. The maximum Gasteiger partial charge on any atom is 0.257 e. The van der Waals surface area contributed by atoms with Gasteiger partial charge in [0.1, 0.15) is 5.82 Å². The molecule has 1 aliphatic carbocycles. The van der Waals surface area contributed by atoms with Crippen molar-refractivity contribution >= 4 is 29.5 Å². The second kappa shape index (κ2) is 6.44. The van der Waals surface area contributed by atoms with Crippen molar-refractivity contribution < 1.29 is 4.79 Å². The molecule has 6 nitrogen and oxygen atoms in total. The zero-order valence-electron chi connectivity index (χ0n) is 16.5. The molecular weight excluding hydrogens is 372 g/mol. The van der Waals surface area contributed by atoms with E-state index in [4.69, 9.17) is 12.2 Å². The minimum Gasteiger partial charge on any atom is -0.378 e. The van der Waals surface area contributed by atoms with Crippen LogP contribution in [-0.2, 0) is 4.79 Å². The molecule has 0 radical (unpaired) electrons. The van der Waals surface area contributed by atoms with Gasteiger partial charge in [0.15, 0.2) is 10.6 Å². The first kappa shape index (κ1) is 18.7. The summed E-state index contributed by atoms with van der Waals surface area (Å²) >= 11 is 5.16. The third-order valence-corrected chi connectivity index (χ3v) is 5.70. The highest BCUT2D eigenvalue weighted by molar-refractivity contribution is 7.71. The maximum absolute atomic E-state index is 13.1. The van der Waals surface area contributed by atoms with E-state index >= 15 is 0 Å². The van der Waals surface area contributed by atoms with Gasteiger partial charge < -0.3 is 15.2 Å². The van der Waals surface area contributed by atoms with Gasteiger partial charge in [0.2, 0.25) is 0 Å². The highest BCUT2D eigenvalue weighted by Gasteiger charge is 2.42. The summed E-state index contributed by atoms with van der Waals surface area (Å²) in [6, 6.07) is 8.00. The van der Waals surface area contributed by atoms with Crippen molar-refractivity contribution in [2.45, 2.75) is 32.6 Å². The van der Waals surface area contributed by atoms with E-state index in [-0.39, 0.29) is 21.5 Å². The second-order valence-electron chi connectivity index (χ2n) is 8.57. The predicted molar refractivity (Wildman–Crippen MR) is 114 cm³/mol. The fourth-order valence-electron chi connectivity index (χ4n) is 4.24. The third-order valence-electron chi connectivity index (χ3n) is 5.50. The smallest absolute Gasteiger partial charge is 0.257 e. The van der Waals surface area contributed by atoms with Crippen LogP contribution in [0.2, 0.25) is 0 Å². The van der Waals surface area contributed by atoms with Crippen LogP contribution in [0.3, 0.4) is 0 Å². The van der Waals surface area contributed by atoms with Gasteiger partial charge in [-0.1, -0.05) is 26.0 Å². The molecule has 2 heterocycles. The number of rotatable bonds is 2. The molecule has 0 amide bonds. The van der Waals surface area contributed by atoms with Crippen molar-refractivity contribution in [3.05, 3.63) is 61.8 Å². The summed E-state index contributed by atoms with van der Waals surface area (Å²) < 4.78 is 0.267. The Bertz CT molecular complexity index is 1110. The molecule has 0 saturated carbocycles. The molecule has 3 N–H and O–H groups in total. The molecule has 0 spiro atoms. The van der Waals surface area contributed by atoms with E-state index in [9.17, 15) is 9.59 Å². The van der Waals surface area contributed by atoms with Crippen LogP contribution in [0.25, 0.3) is 0 Å². The van der Waals surface area contributed by atoms with Crippen LogP contribution >= 0.6 is 12.2 Å². The lowest BCUT2D eigenvalue weighted by molar-refractivity contribution is -0.118. The van der Waals surface area contributed by atoms with Gasteiger partial charge in [0, 0.05) is 43.4 Å². The Morgan fingerprint density at radius 1 is 1.07 bits per heavy atom. The largest absolute Gasteiger partial charge is 0.378 e. The molecule has 0 unspecified atom stereocenters. The van der Waals surface area contributed by atoms with Gasteiger partial charge in [0.25, 0.3) is 5.56 Å². The number of aromatic amines is 2. The average molecular weight is 397 g/mol. The first-order valence-corrected chi connectivity index (χ1v) is 9.74. The molecule has 2 aliphatic rings. The summed E-state index contributed by atoms with van der Waals surface area (Å²) in [5, 5.41) is 3.30. The summed E-state index contributed by atoms with van der Waals surface area (Å²) in [5.41, 5.74) is 3.68. The van der Waals surface area contributed by atoms with E-state index in [1.54, 1.807) is 0 Å². The highest BCUT2D eigenvalue weighted by Crippen LogP contribution is 2.47. The number of aromatic nitrogens is 2. The van der Waals surface area contributed by atoms with Crippen LogP contribution in [0.1, 0.15) is 43.7 Å². The fourth-order valence-corrected chi connectivity index (χ4v) is 4.44. The van der Waals surface area contributed by atoms with Crippen LogP contribution < -0.4 is 15.8 Å². The van der Waals surface area contributed by atoms with E-state index in [2.05, 4.69) is 29.1 Å². The molecule has 0 saturated heterocycles. The minimum atomic E-state index is -0.415. The molecule has 1 aliphatic heterocycles. The van der Waals surface area contributed by atoms with Crippen molar-refractivity contribution in [1.82, 2.24) is 9.97 Å². The zero-order valence-corrected chi connectivity index (χ0v) is 17.3. The molecular formula is C21H24N4O2S. The lowest BCUT2D eigenvalue weighted by atomic mass is 9.69. The van der Waals surface area contributed by atoms with Gasteiger partial charge >= 0.3 is 0 Å². The van der Waals surface area contributed by atoms with E-state index in [0.29, 0.717) is 23.4 Å². The number of allylic oxidation sites excluding steroid dienone is 2. The van der Waals surface area contributed by atoms with Crippen molar-refractivity contribution in [1.29, 1.82) is 0 Å². The Morgan fingerprint density at radius 3 is 2.39 bits per heavy atom. The number of hydrogen-bond acceptors (Lipinski definition) is 5. The number of carbonyl (C=O) groups excluding carboxylic acids is 1. The van der Waals surface area contributed by atoms with Crippen LogP contribution in [0.15, 0.2) is 40.3 Å². The number of nitrogens with one attached hydrogen (secondary N) is 3. The molecule has 1 aromatic heterocycles. The van der Waals surface area contributed by atoms with Crippen molar-refractivity contribution in [3.8, 4) is 0 Å². The van der Waals surface area contributed by atoms with Crippen LogP contribution in [0.4, 0.5) is 11.5 Å². The lowest BCUT2D eigenvalue weighted by Gasteiger charge is -2.38. The number of benzene rings is 1. The highest BCUT2D eigenvalue weighted by atomic mass is 32.1. The summed E-state index contributed by atoms with van der Waals surface area (Å²) in [6.45, 7) is 4.18. The number of anilines is 2. The minimum absolute atomic E-state index is 0.0907. The Hall–Kier alpha value is -2.67. The molecule has 4 rings (SSSR count). The molecule has 28 heavy (non-hydrogen) atoms. The standard InChI is InChI=1S/C21H24N4O2S/c1-21(2)9-13-16(14(26)10-21)15(11-5-7-12(8-6-11)25(3)4)17-18(22-13)23-20(28)24-19(17)27/h5-8,15H,9-10H2,1-4H3,(H3,22,23,24,27,28)/t15-/m0/s1. The molecule has 1 aromatic carbocycles. The van der Waals surface area contributed by atoms with Gasteiger partial charge in [-0.05, 0) is 41.7 Å². The van der Waals surface area contributed by atoms with Gasteiger partial charge in [-0.3, -0.25) is 14.6 Å². The number of carbonyl (C=O) groups is 1. The van der Waals surface area contributed by atoms with Crippen LogP contribution in [-0.4, -0.2) is 29.8 Å². The first-order chi connectivity index (χ1) is 13.2. The lowest BCUT2D eigenvalue weighted by Crippen LogP contribution is -2.36. The Kier molecular flexibility index (Phi) is 4.30. The summed E-state index contributed by atoms with van der Waals surface area (Å²) in [7, 11) is 3.96. The van der Waals surface area contributed by atoms with Crippen LogP contribution in [0, 0.1) is 10.2 Å². The fraction of sp³-hybridized carbons (Fsp3) is 0.381. The molecule has 2 aromatic rings. The normalized spacial score (nSPS) is 20.3. The predicted octanol–water partition coefficient (Wildman–Crippen LogP) is 3.70. The molecule has 0 fully saturated rings. The monoisotopic (exact) mass is 396 g/mol. The Balaban J connectivity index is 1.95. The summed E-state index contributed by atoms with van der Waals surface area (Å²) in [4.78, 5) is 33.7. The van der Waals surface area contributed by atoms with Gasteiger partial charge in [0.05, 0.1) is 5.56 Å². The number of ketones is 1. The van der Waals surface area contributed by atoms with Crippen molar-refractivity contribution in [2.75, 3.05) is 24.3 Å². The third kappa shape index (κ3) is 3.09. The zero-order chi connectivity index (χ0) is 20.2. The SMILES string of the molecule is CN(C)c1ccc([C@H]2C3=C(CC(C)(C)CC3=O)Nc3[nH]c(=S)[nH]c(=O)c32)cc1. The van der Waals surface area contributed by atoms with E-state index in [1.165, 1.54) is 0 Å². The van der Waals surface area contributed by atoms with Crippen LogP contribution in [0.5, 0.6) is 0 Å². The number of fused-ring (bicyclic) bond motifs is 1.